The number of rotatable bonds is 7. The smallest absolute Gasteiger partial charge is 0.407 e. The molecule has 7 heteroatoms. The summed E-state index contributed by atoms with van der Waals surface area (Å²) in [6.45, 7) is 2.54. The number of carboxylic acids is 1. The summed E-state index contributed by atoms with van der Waals surface area (Å²) < 4.78 is 5.56. The minimum absolute atomic E-state index is 0.0229. The van der Waals surface area contributed by atoms with Crippen LogP contribution in [-0.2, 0) is 14.3 Å². The lowest BCUT2D eigenvalue weighted by Crippen LogP contribution is -2.47. The van der Waals surface area contributed by atoms with Gasteiger partial charge in [0.15, 0.2) is 0 Å². The van der Waals surface area contributed by atoms with Gasteiger partial charge in [-0.15, -0.1) is 0 Å². The molecule has 2 aromatic rings. The molecule has 2 atom stereocenters. The van der Waals surface area contributed by atoms with Gasteiger partial charge in [0.05, 0.1) is 6.42 Å². The molecule has 1 aliphatic heterocycles. The molecule has 1 heterocycles. The van der Waals surface area contributed by atoms with E-state index in [0.717, 1.165) is 24.0 Å². The highest BCUT2D eigenvalue weighted by atomic mass is 16.5. The van der Waals surface area contributed by atoms with Gasteiger partial charge in [0, 0.05) is 31.0 Å². The number of carboxylic acid groups (broad SMARTS) is 1. The lowest BCUT2D eigenvalue weighted by atomic mass is 9.98. The first-order valence-electron chi connectivity index (χ1n) is 11.6. The number of fused-ring (bicyclic) bond motifs is 3. The molecule has 0 saturated carbocycles. The van der Waals surface area contributed by atoms with Crippen molar-refractivity contribution in [1.29, 1.82) is 0 Å². The maximum atomic E-state index is 12.8. The lowest BCUT2D eigenvalue weighted by molar-refractivity contribution is -0.142. The van der Waals surface area contributed by atoms with Crippen LogP contribution in [0.4, 0.5) is 4.79 Å². The number of piperidine rings is 1. The Bertz CT molecular complexity index is 991. The van der Waals surface area contributed by atoms with Crippen molar-refractivity contribution in [3.63, 3.8) is 0 Å². The number of amides is 2. The predicted octanol–water partition coefficient (Wildman–Crippen LogP) is 4.16. The number of benzene rings is 2. The Morgan fingerprint density at radius 1 is 1.06 bits per heavy atom. The minimum Gasteiger partial charge on any atom is -0.481 e. The third kappa shape index (κ3) is 5.18. The zero-order chi connectivity index (χ0) is 23.4. The van der Waals surface area contributed by atoms with Gasteiger partial charge in [-0.25, -0.2) is 4.79 Å². The molecule has 1 aliphatic carbocycles. The molecule has 0 bridgehead atoms. The van der Waals surface area contributed by atoms with Crippen LogP contribution >= 0.6 is 0 Å². The summed E-state index contributed by atoms with van der Waals surface area (Å²) in [6.07, 6.45) is 2.01. The van der Waals surface area contributed by atoms with E-state index < -0.39 is 18.1 Å². The molecule has 174 valence electrons. The molecular weight excluding hydrogens is 420 g/mol. The fraction of sp³-hybridized carbons (Fsp3) is 0.423. The summed E-state index contributed by atoms with van der Waals surface area (Å²) in [4.78, 5) is 38.0. The molecule has 2 amide bonds. The average Bonchev–Trinajstić information content (AvgIpc) is 3.11. The largest absolute Gasteiger partial charge is 0.481 e. The van der Waals surface area contributed by atoms with Gasteiger partial charge in [-0.05, 0) is 48.4 Å². The van der Waals surface area contributed by atoms with Gasteiger partial charge in [-0.3, -0.25) is 9.59 Å². The van der Waals surface area contributed by atoms with Gasteiger partial charge in [0.2, 0.25) is 5.91 Å². The van der Waals surface area contributed by atoms with E-state index in [-0.39, 0.29) is 37.3 Å². The van der Waals surface area contributed by atoms with Gasteiger partial charge in [-0.1, -0.05) is 48.5 Å². The van der Waals surface area contributed by atoms with Crippen LogP contribution in [-0.4, -0.2) is 53.2 Å². The first-order chi connectivity index (χ1) is 15.9. The molecule has 4 rings (SSSR count). The lowest BCUT2D eigenvalue weighted by Gasteiger charge is -2.35. The summed E-state index contributed by atoms with van der Waals surface area (Å²) in [5, 5.41) is 11.9. The second-order valence-electron chi connectivity index (χ2n) is 8.91. The van der Waals surface area contributed by atoms with Crippen LogP contribution in [0.1, 0.15) is 56.1 Å². The van der Waals surface area contributed by atoms with Crippen molar-refractivity contribution < 1.29 is 24.2 Å². The van der Waals surface area contributed by atoms with Gasteiger partial charge >= 0.3 is 12.1 Å². The first-order valence-corrected chi connectivity index (χ1v) is 11.6. The van der Waals surface area contributed by atoms with E-state index in [1.807, 2.05) is 24.3 Å². The van der Waals surface area contributed by atoms with Crippen molar-refractivity contribution in [3.05, 3.63) is 59.7 Å². The number of hydrogen-bond donors (Lipinski definition) is 2. The second-order valence-corrected chi connectivity index (χ2v) is 8.91. The van der Waals surface area contributed by atoms with Crippen molar-refractivity contribution in [2.45, 2.75) is 57.0 Å². The van der Waals surface area contributed by atoms with E-state index in [2.05, 4.69) is 29.6 Å². The molecule has 2 N–H and O–H groups in total. The van der Waals surface area contributed by atoms with Crippen LogP contribution in [0.3, 0.4) is 0 Å². The van der Waals surface area contributed by atoms with Gasteiger partial charge in [0.25, 0.3) is 0 Å². The molecule has 33 heavy (non-hydrogen) atoms. The van der Waals surface area contributed by atoms with Crippen LogP contribution in [0.5, 0.6) is 0 Å². The van der Waals surface area contributed by atoms with Crippen molar-refractivity contribution in [3.8, 4) is 11.1 Å². The molecular formula is C26H30N2O5. The van der Waals surface area contributed by atoms with Crippen LogP contribution in [0.25, 0.3) is 11.1 Å². The normalized spacial score (nSPS) is 18.2. The summed E-state index contributed by atoms with van der Waals surface area (Å²) in [7, 11) is 0. The quantitative estimate of drug-likeness (QED) is 0.660. The predicted molar refractivity (Wildman–Crippen MR) is 124 cm³/mol. The monoisotopic (exact) mass is 450 g/mol. The van der Waals surface area contributed by atoms with E-state index in [9.17, 15) is 14.4 Å². The topological polar surface area (TPSA) is 95.9 Å². The molecule has 0 aromatic heterocycles. The number of carbonyl (C=O) groups excluding carboxylic acids is 2. The van der Waals surface area contributed by atoms with Crippen LogP contribution in [0.2, 0.25) is 0 Å². The number of carbonyl (C=O) groups is 3. The third-order valence-electron chi connectivity index (χ3n) is 6.55. The van der Waals surface area contributed by atoms with E-state index in [0.29, 0.717) is 13.0 Å². The van der Waals surface area contributed by atoms with Gasteiger partial charge < -0.3 is 20.1 Å². The van der Waals surface area contributed by atoms with E-state index >= 15 is 0 Å². The SMILES string of the molecule is CC(CC(=O)N1CCCCC1CC(=O)O)NC(=O)OCC1c2ccccc2-c2ccccc21. The Hall–Kier alpha value is -3.35. The Morgan fingerprint density at radius 3 is 2.33 bits per heavy atom. The highest BCUT2D eigenvalue weighted by Gasteiger charge is 2.31. The number of aliphatic carboxylic acids is 1. The number of nitrogens with one attached hydrogen (secondary N) is 1. The molecule has 0 spiro atoms. The number of nitrogens with zero attached hydrogens (tertiary/aromatic N) is 1. The van der Waals surface area contributed by atoms with E-state index in [1.54, 1.807) is 11.8 Å². The molecule has 0 radical (unpaired) electrons. The van der Waals surface area contributed by atoms with Crippen molar-refractivity contribution in [1.82, 2.24) is 10.2 Å². The third-order valence-corrected chi connectivity index (χ3v) is 6.55. The second kappa shape index (κ2) is 10.1. The van der Waals surface area contributed by atoms with E-state index in [1.165, 1.54) is 11.1 Å². The van der Waals surface area contributed by atoms with Crippen molar-refractivity contribution >= 4 is 18.0 Å². The molecule has 1 fully saturated rings. The summed E-state index contributed by atoms with van der Waals surface area (Å²) >= 11 is 0. The molecule has 2 aliphatic rings. The first kappa shape index (κ1) is 22.8. The molecule has 2 unspecified atom stereocenters. The van der Waals surface area contributed by atoms with Crippen LogP contribution in [0.15, 0.2) is 48.5 Å². The minimum atomic E-state index is -0.899. The van der Waals surface area contributed by atoms with Crippen molar-refractivity contribution in [2.75, 3.05) is 13.2 Å². The Balaban J connectivity index is 1.31. The summed E-state index contributed by atoms with van der Waals surface area (Å²) in [5.41, 5.74) is 4.62. The van der Waals surface area contributed by atoms with Gasteiger partial charge in [-0.2, -0.15) is 0 Å². The van der Waals surface area contributed by atoms with Gasteiger partial charge in [0.1, 0.15) is 6.61 Å². The summed E-state index contributed by atoms with van der Waals surface area (Å²) in [6, 6.07) is 15.6. The Morgan fingerprint density at radius 2 is 1.70 bits per heavy atom. The maximum absolute atomic E-state index is 12.8. The molecule has 7 nitrogen and oxygen atoms in total. The van der Waals surface area contributed by atoms with Crippen LogP contribution in [0, 0.1) is 0 Å². The highest BCUT2D eigenvalue weighted by molar-refractivity contribution is 5.80. The van der Waals surface area contributed by atoms with Crippen LogP contribution < -0.4 is 5.32 Å². The molecule has 1 saturated heterocycles. The standard InChI is InChI=1S/C26H30N2O5/c1-17(14-24(29)28-13-7-6-8-18(28)15-25(30)31)27-26(32)33-16-23-21-11-4-2-9-19(21)20-10-3-5-12-22(20)23/h2-5,9-12,17-18,23H,6-8,13-16H2,1H3,(H,27,32)(H,30,31). The van der Waals surface area contributed by atoms with E-state index in [4.69, 9.17) is 9.84 Å². The zero-order valence-electron chi connectivity index (χ0n) is 18.8. The maximum Gasteiger partial charge on any atom is 0.407 e. The zero-order valence-corrected chi connectivity index (χ0v) is 18.8. The Kier molecular flexibility index (Phi) is 6.96. The van der Waals surface area contributed by atoms with Crippen molar-refractivity contribution in [2.24, 2.45) is 0 Å². The number of ether oxygens (including phenoxy) is 1. The number of alkyl carbamates (subject to hydrolysis) is 1. The number of hydrogen-bond acceptors (Lipinski definition) is 4. The fourth-order valence-electron chi connectivity index (χ4n) is 5.01. The fourth-order valence-corrected chi connectivity index (χ4v) is 5.01. The molecule has 2 aromatic carbocycles. The number of likely N-dealkylation sites (tertiary alicyclic amines) is 1. The summed E-state index contributed by atoms with van der Waals surface area (Å²) in [5.74, 6) is -1.05. The highest BCUT2D eigenvalue weighted by Crippen LogP contribution is 2.44. The average molecular weight is 451 g/mol. The Labute approximate surface area is 193 Å².